The summed E-state index contributed by atoms with van der Waals surface area (Å²) in [5, 5.41) is 10.5. The SMILES string of the molecule is COc1ccc(C[N+](=O)[O-])cc1-c1ccccc1. The quantitative estimate of drug-likeness (QED) is 0.612. The number of nitrogens with zero attached hydrogens (tertiary/aromatic N) is 1. The number of hydrogen-bond acceptors (Lipinski definition) is 3. The number of hydrogen-bond donors (Lipinski definition) is 0. The van der Waals surface area contributed by atoms with Crippen molar-refractivity contribution in [3.05, 3.63) is 64.2 Å². The Hall–Kier alpha value is -2.36. The van der Waals surface area contributed by atoms with Crippen molar-refractivity contribution in [1.29, 1.82) is 0 Å². The highest BCUT2D eigenvalue weighted by atomic mass is 16.6. The average Bonchev–Trinajstić information content (AvgIpc) is 2.39. The van der Waals surface area contributed by atoms with E-state index in [2.05, 4.69) is 0 Å². The molecule has 0 bridgehead atoms. The Kier molecular flexibility index (Phi) is 3.57. The molecule has 0 aromatic heterocycles. The van der Waals surface area contributed by atoms with E-state index < -0.39 is 0 Å². The van der Waals surface area contributed by atoms with Gasteiger partial charge in [-0.1, -0.05) is 30.3 Å². The third kappa shape index (κ3) is 2.66. The Morgan fingerprint density at radius 3 is 2.50 bits per heavy atom. The van der Waals surface area contributed by atoms with Crippen molar-refractivity contribution in [3.63, 3.8) is 0 Å². The van der Waals surface area contributed by atoms with Crippen LogP contribution in [0.15, 0.2) is 48.5 Å². The molecule has 0 aliphatic heterocycles. The van der Waals surface area contributed by atoms with Crippen molar-refractivity contribution in [2.45, 2.75) is 6.54 Å². The molecular formula is C14H13NO3. The maximum atomic E-state index is 10.5. The van der Waals surface area contributed by atoms with Gasteiger partial charge in [-0.2, -0.15) is 0 Å². The molecule has 0 saturated heterocycles. The van der Waals surface area contributed by atoms with Gasteiger partial charge in [0.25, 0.3) is 0 Å². The molecule has 0 atom stereocenters. The number of nitro groups is 1. The van der Waals surface area contributed by atoms with E-state index >= 15 is 0 Å². The summed E-state index contributed by atoms with van der Waals surface area (Å²) < 4.78 is 5.29. The molecule has 0 amide bonds. The number of benzene rings is 2. The summed E-state index contributed by atoms with van der Waals surface area (Å²) >= 11 is 0. The maximum Gasteiger partial charge on any atom is 0.228 e. The molecule has 0 N–H and O–H groups in total. The van der Waals surface area contributed by atoms with Gasteiger partial charge < -0.3 is 4.74 Å². The summed E-state index contributed by atoms with van der Waals surface area (Å²) in [7, 11) is 1.59. The van der Waals surface area contributed by atoms with Gasteiger partial charge in [0.15, 0.2) is 0 Å². The maximum absolute atomic E-state index is 10.5. The molecule has 4 heteroatoms. The van der Waals surface area contributed by atoms with Crippen molar-refractivity contribution >= 4 is 0 Å². The van der Waals surface area contributed by atoms with Crippen LogP contribution in [-0.2, 0) is 6.54 Å². The predicted molar refractivity (Wildman–Crippen MR) is 69.1 cm³/mol. The fourth-order valence-corrected chi connectivity index (χ4v) is 1.85. The monoisotopic (exact) mass is 243 g/mol. The number of rotatable bonds is 4. The van der Waals surface area contributed by atoms with Gasteiger partial charge in [0.05, 0.1) is 7.11 Å². The van der Waals surface area contributed by atoms with Crippen molar-refractivity contribution in [1.82, 2.24) is 0 Å². The molecule has 0 spiro atoms. The topological polar surface area (TPSA) is 52.4 Å². The van der Waals surface area contributed by atoms with Crippen LogP contribution < -0.4 is 4.74 Å². The summed E-state index contributed by atoms with van der Waals surface area (Å²) in [5.41, 5.74) is 2.52. The summed E-state index contributed by atoms with van der Waals surface area (Å²) in [6.45, 7) is -0.177. The Morgan fingerprint density at radius 1 is 1.17 bits per heavy atom. The molecule has 0 fully saturated rings. The molecule has 0 radical (unpaired) electrons. The smallest absolute Gasteiger partial charge is 0.228 e. The lowest BCUT2D eigenvalue weighted by Crippen LogP contribution is -1.99. The van der Waals surface area contributed by atoms with Gasteiger partial charge in [-0.05, 0) is 23.8 Å². The summed E-state index contributed by atoms with van der Waals surface area (Å²) in [6.07, 6.45) is 0. The van der Waals surface area contributed by atoms with Crippen LogP contribution in [0.25, 0.3) is 11.1 Å². The highest BCUT2D eigenvalue weighted by Gasteiger charge is 2.09. The fourth-order valence-electron chi connectivity index (χ4n) is 1.85. The first-order chi connectivity index (χ1) is 8.70. The van der Waals surface area contributed by atoms with E-state index in [1.165, 1.54) is 0 Å². The minimum atomic E-state index is -0.337. The fraction of sp³-hybridized carbons (Fsp3) is 0.143. The Labute approximate surface area is 105 Å². The normalized spacial score (nSPS) is 10.1. The van der Waals surface area contributed by atoms with Crippen LogP contribution >= 0.6 is 0 Å². The molecule has 0 heterocycles. The molecule has 2 aromatic rings. The lowest BCUT2D eigenvalue weighted by Gasteiger charge is -2.09. The van der Waals surface area contributed by atoms with Crippen LogP contribution in [-0.4, -0.2) is 12.0 Å². The van der Waals surface area contributed by atoms with Crippen LogP contribution in [0.5, 0.6) is 5.75 Å². The van der Waals surface area contributed by atoms with E-state index in [4.69, 9.17) is 4.74 Å². The van der Waals surface area contributed by atoms with E-state index in [0.29, 0.717) is 11.3 Å². The first-order valence-electron chi connectivity index (χ1n) is 5.55. The Morgan fingerprint density at radius 2 is 1.89 bits per heavy atom. The van der Waals surface area contributed by atoms with Crippen LogP contribution in [0, 0.1) is 10.1 Å². The first-order valence-corrected chi connectivity index (χ1v) is 5.55. The van der Waals surface area contributed by atoms with Crippen LogP contribution in [0.1, 0.15) is 5.56 Å². The second kappa shape index (κ2) is 5.31. The zero-order valence-electron chi connectivity index (χ0n) is 10.00. The Balaban J connectivity index is 2.46. The largest absolute Gasteiger partial charge is 0.496 e. The van der Waals surface area contributed by atoms with Crippen molar-refractivity contribution in [2.24, 2.45) is 0 Å². The number of ether oxygens (including phenoxy) is 1. The van der Waals surface area contributed by atoms with Gasteiger partial charge in [-0.25, -0.2) is 0 Å². The lowest BCUT2D eigenvalue weighted by atomic mass is 10.0. The van der Waals surface area contributed by atoms with Gasteiger partial charge in [0.2, 0.25) is 6.54 Å². The predicted octanol–water partition coefficient (Wildman–Crippen LogP) is 3.14. The highest BCUT2D eigenvalue weighted by Crippen LogP contribution is 2.30. The third-order valence-corrected chi connectivity index (χ3v) is 2.66. The molecule has 0 saturated carbocycles. The highest BCUT2D eigenvalue weighted by molar-refractivity contribution is 5.71. The summed E-state index contributed by atoms with van der Waals surface area (Å²) in [6, 6.07) is 15.0. The minimum Gasteiger partial charge on any atom is -0.496 e. The van der Waals surface area contributed by atoms with E-state index in [1.807, 2.05) is 30.3 Å². The summed E-state index contributed by atoms with van der Waals surface area (Å²) in [5.74, 6) is 0.716. The zero-order chi connectivity index (χ0) is 13.0. The first kappa shape index (κ1) is 12.1. The zero-order valence-corrected chi connectivity index (χ0v) is 10.00. The van der Waals surface area contributed by atoms with E-state index in [1.54, 1.807) is 25.3 Å². The second-order valence-corrected chi connectivity index (χ2v) is 3.89. The van der Waals surface area contributed by atoms with Gasteiger partial charge >= 0.3 is 0 Å². The molecule has 92 valence electrons. The van der Waals surface area contributed by atoms with Crippen molar-refractivity contribution in [2.75, 3.05) is 7.11 Å². The van der Waals surface area contributed by atoms with Gasteiger partial charge in [0.1, 0.15) is 5.75 Å². The molecular weight excluding hydrogens is 230 g/mol. The van der Waals surface area contributed by atoms with Crippen LogP contribution in [0.4, 0.5) is 0 Å². The van der Waals surface area contributed by atoms with E-state index in [-0.39, 0.29) is 11.5 Å². The Bertz CT molecular complexity index is 552. The molecule has 18 heavy (non-hydrogen) atoms. The molecule has 2 rings (SSSR count). The molecule has 0 aliphatic rings. The van der Waals surface area contributed by atoms with E-state index in [9.17, 15) is 10.1 Å². The van der Waals surface area contributed by atoms with Gasteiger partial charge in [-0.3, -0.25) is 10.1 Å². The molecule has 0 unspecified atom stereocenters. The molecule has 0 aliphatic carbocycles. The van der Waals surface area contributed by atoms with E-state index in [0.717, 1.165) is 11.1 Å². The standard InChI is InChI=1S/C14H13NO3/c1-18-14-8-7-11(10-15(16)17)9-13(14)12-5-3-2-4-6-12/h2-9H,10H2,1H3. The van der Waals surface area contributed by atoms with Gasteiger partial charge in [-0.15, -0.1) is 0 Å². The number of methoxy groups -OCH3 is 1. The minimum absolute atomic E-state index is 0.177. The molecule has 4 nitrogen and oxygen atoms in total. The second-order valence-electron chi connectivity index (χ2n) is 3.89. The van der Waals surface area contributed by atoms with Crippen molar-refractivity contribution in [3.8, 4) is 16.9 Å². The van der Waals surface area contributed by atoms with Gasteiger partial charge in [0, 0.05) is 16.1 Å². The molecule has 2 aromatic carbocycles. The van der Waals surface area contributed by atoms with Crippen LogP contribution in [0.2, 0.25) is 0 Å². The van der Waals surface area contributed by atoms with Crippen LogP contribution in [0.3, 0.4) is 0 Å². The third-order valence-electron chi connectivity index (χ3n) is 2.66. The summed E-state index contributed by atoms with van der Waals surface area (Å²) in [4.78, 5) is 10.2. The van der Waals surface area contributed by atoms with Crippen molar-refractivity contribution < 1.29 is 9.66 Å². The lowest BCUT2D eigenvalue weighted by molar-refractivity contribution is -0.496. The average molecular weight is 243 g/mol.